The van der Waals surface area contributed by atoms with E-state index in [2.05, 4.69) is 48.8 Å². The highest BCUT2D eigenvalue weighted by Gasteiger charge is 2.25. The molecular weight excluding hydrogens is 304 g/mol. The molecule has 0 bridgehead atoms. The van der Waals surface area contributed by atoms with Crippen LogP contribution in [0.15, 0.2) is 18.2 Å². The first-order valence-corrected chi connectivity index (χ1v) is 10.7. The maximum absolute atomic E-state index is 2.78. The fraction of sp³-hybridized carbons (Fsp3) is 0.739. The lowest BCUT2D eigenvalue weighted by molar-refractivity contribution is 0.0912. The average molecular weight is 343 g/mol. The van der Waals surface area contributed by atoms with Gasteiger partial charge >= 0.3 is 0 Å². The first-order valence-electron chi connectivity index (χ1n) is 10.7. The van der Waals surface area contributed by atoms with E-state index in [9.17, 15) is 0 Å². The van der Waals surface area contributed by atoms with Gasteiger partial charge in [-0.15, -0.1) is 0 Å². The van der Waals surface area contributed by atoms with Crippen LogP contribution in [0.4, 0.5) is 0 Å². The Bertz CT molecular complexity index is 525. The maximum Gasteiger partial charge on any atom is 0.0120 e. The van der Waals surface area contributed by atoms with E-state index in [-0.39, 0.29) is 0 Å². The summed E-state index contributed by atoms with van der Waals surface area (Å²) in [6.45, 7) is 13.4. The molecule has 2 nitrogen and oxygen atoms in total. The van der Waals surface area contributed by atoms with Gasteiger partial charge in [0.1, 0.15) is 0 Å². The molecule has 2 aliphatic heterocycles. The van der Waals surface area contributed by atoms with Gasteiger partial charge in [0, 0.05) is 6.04 Å². The number of nitrogens with zero attached hydrogens (tertiary/aromatic N) is 2. The zero-order chi connectivity index (χ0) is 17.6. The van der Waals surface area contributed by atoms with Gasteiger partial charge in [-0.1, -0.05) is 31.5 Å². The van der Waals surface area contributed by atoms with Crippen LogP contribution in [-0.2, 0) is 0 Å². The summed E-state index contributed by atoms with van der Waals surface area (Å²) in [6, 6.07) is 7.96. The highest BCUT2D eigenvalue weighted by Crippen LogP contribution is 2.27. The van der Waals surface area contributed by atoms with Gasteiger partial charge in [-0.25, -0.2) is 0 Å². The molecule has 25 heavy (non-hydrogen) atoms. The molecule has 0 radical (unpaired) electrons. The minimum atomic E-state index is 0.721. The number of aryl methyl sites for hydroxylation is 2. The Hall–Kier alpha value is -0.860. The number of likely N-dealkylation sites (tertiary alicyclic amines) is 2. The van der Waals surface area contributed by atoms with Gasteiger partial charge in [-0.2, -0.15) is 0 Å². The predicted molar refractivity (Wildman–Crippen MR) is 108 cm³/mol. The second-order valence-electron chi connectivity index (χ2n) is 8.41. The van der Waals surface area contributed by atoms with Gasteiger partial charge in [0.15, 0.2) is 0 Å². The van der Waals surface area contributed by atoms with Gasteiger partial charge in [-0.3, -0.25) is 0 Å². The Balaban J connectivity index is 1.45. The average Bonchev–Trinajstić information content (AvgIpc) is 2.66. The first kappa shape index (κ1) is 18.9. The molecule has 2 fully saturated rings. The SMILES string of the molecule is CCC(CCN1CCC(N2CCCCC2)CC1)c1ccc(C)c(C)c1. The second kappa shape index (κ2) is 9.19. The Morgan fingerprint density at radius 2 is 1.68 bits per heavy atom. The van der Waals surface area contributed by atoms with Crippen LogP contribution in [0, 0.1) is 13.8 Å². The molecule has 2 heterocycles. The van der Waals surface area contributed by atoms with E-state index in [4.69, 9.17) is 0 Å². The van der Waals surface area contributed by atoms with E-state index in [1.807, 2.05) is 0 Å². The van der Waals surface area contributed by atoms with Gasteiger partial charge in [0.2, 0.25) is 0 Å². The highest BCUT2D eigenvalue weighted by atomic mass is 15.2. The fourth-order valence-corrected chi connectivity index (χ4v) is 4.76. The van der Waals surface area contributed by atoms with Crippen molar-refractivity contribution in [2.75, 3.05) is 32.7 Å². The summed E-state index contributed by atoms with van der Waals surface area (Å²) in [7, 11) is 0. The number of benzene rings is 1. The summed E-state index contributed by atoms with van der Waals surface area (Å²) in [4.78, 5) is 5.51. The molecule has 140 valence electrons. The van der Waals surface area contributed by atoms with Crippen molar-refractivity contribution in [2.45, 2.75) is 77.7 Å². The van der Waals surface area contributed by atoms with Crippen LogP contribution < -0.4 is 0 Å². The highest BCUT2D eigenvalue weighted by molar-refractivity contribution is 5.31. The van der Waals surface area contributed by atoms with E-state index in [1.165, 1.54) is 88.8 Å². The molecular formula is C23H38N2. The summed E-state index contributed by atoms with van der Waals surface area (Å²) in [6.07, 6.45) is 9.65. The zero-order valence-corrected chi connectivity index (χ0v) is 16.8. The van der Waals surface area contributed by atoms with Crippen molar-refractivity contribution in [1.29, 1.82) is 0 Å². The van der Waals surface area contributed by atoms with Crippen LogP contribution in [0.1, 0.15) is 74.5 Å². The molecule has 1 aromatic carbocycles. The molecule has 3 rings (SSSR count). The lowest BCUT2D eigenvalue weighted by atomic mass is 9.90. The van der Waals surface area contributed by atoms with Crippen molar-refractivity contribution in [3.05, 3.63) is 34.9 Å². The van der Waals surface area contributed by atoms with Crippen molar-refractivity contribution < 1.29 is 0 Å². The van der Waals surface area contributed by atoms with E-state index in [1.54, 1.807) is 5.56 Å². The molecule has 0 aromatic heterocycles. The van der Waals surface area contributed by atoms with Crippen LogP contribution in [-0.4, -0.2) is 48.6 Å². The maximum atomic E-state index is 2.78. The molecule has 0 amide bonds. The quantitative estimate of drug-likeness (QED) is 0.706. The van der Waals surface area contributed by atoms with Crippen LogP contribution in [0.2, 0.25) is 0 Å². The molecule has 2 heteroatoms. The topological polar surface area (TPSA) is 6.48 Å². The van der Waals surface area contributed by atoms with E-state index in [0.29, 0.717) is 0 Å². The summed E-state index contributed by atoms with van der Waals surface area (Å²) >= 11 is 0. The summed E-state index contributed by atoms with van der Waals surface area (Å²) in [5, 5.41) is 0. The lowest BCUT2D eigenvalue weighted by Gasteiger charge is -2.40. The number of hydrogen-bond acceptors (Lipinski definition) is 2. The van der Waals surface area contributed by atoms with E-state index >= 15 is 0 Å². The van der Waals surface area contributed by atoms with Crippen LogP contribution >= 0.6 is 0 Å². The third-order valence-electron chi connectivity index (χ3n) is 6.75. The van der Waals surface area contributed by atoms with Crippen molar-refractivity contribution in [2.24, 2.45) is 0 Å². The van der Waals surface area contributed by atoms with Crippen molar-refractivity contribution >= 4 is 0 Å². The van der Waals surface area contributed by atoms with Crippen LogP contribution in [0.25, 0.3) is 0 Å². The summed E-state index contributed by atoms with van der Waals surface area (Å²) in [5.41, 5.74) is 4.41. The smallest absolute Gasteiger partial charge is 0.0120 e. The largest absolute Gasteiger partial charge is 0.303 e. The monoisotopic (exact) mass is 342 g/mol. The molecule has 0 saturated carbocycles. The zero-order valence-electron chi connectivity index (χ0n) is 16.8. The molecule has 0 N–H and O–H groups in total. The van der Waals surface area contributed by atoms with Gasteiger partial charge in [0.25, 0.3) is 0 Å². The van der Waals surface area contributed by atoms with Gasteiger partial charge in [0.05, 0.1) is 0 Å². The Labute approximate surface area is 155 Å². The first-order chi connectivity index (χ1) is 12.2. The van der Waals surface area contributed by atoms with Crippen LogP contribution in [0.3, 0.4) is 0 Å². The lowest BCUT2D eigenvalue weighted by Crippen LogP contribution is -2.46. The number of piperidine rings is 2. The molecule has 1 unspecified atom stereocenters. The summed E-state index contributed by atoms with van der Waals surface area (Å²) < 4.78 is 0. The van der Waals surface area contributed by atoms with Crippen LogP contribution in [0.5, 0.6) is 0 Å². The molecule has 1 atom stereocenters. The molecule has 0 aliphatic carbocycles. The normalized spacial score (nSPS) is 22.2. The molecule has 0 spiro atoms. The third-order valence-corrected chi connectivity index (χ3v) is 6.75. The standard InChI is InChI=1S/C23H38N2/c1-4-21(22-9-8-19(2)20(3)18-22)10-15-24-16-11-23(12-17-24)25-13-6-5-7-14-25/h8-9,18,21,23H,4-7,10-17H2,1-3H3. The Morgan fingerprint density at radius 3 is 2.32 bits per heavy atom. The number of rotatable bonds is 6. The van der Waals surface area contributed by atoms with Crippen molar-refractivity contribution in [3.63, 3.8) is 0 Å². The third kappa shape index (κ3) is 5.08. The van der Waals surface area contributed by atoms with E-state index in [0.717, 1.165) is 12.0 Å². The fourth-order valence-electron chi connectivity index (χ4n) is 4.76. The van der Waals surface area contributed by atoms with Crippen molar-refractivity contribution in [1.82, 2.24) is 9.80 Å². The molecule has 1 aromatic rings. The Morgan fingerprint density at radius 1 is 0.960 bits per heavy atom. The van der Waals surface area contributed by atoms with E-state index < -0.39 is 0 Å². The predicted octanol–water partition coefficient (Wildman–Crippen LogP) is 5.14. The molecule has 2 aliphatic rings. The number of hydrogen-bond donors (Lipinski definition) is 0. The molecule has 2 saturated heterocycles. The van der Waals surface area contributed by atoms with Gasteiger partial charge in [-0.05, 0) is 108 Å². The minimum Gasteiger partial charge on any atom is -0.303 e. The van der Waals surface area contributed by atoms with Gasteiger partial charge < -0.3 is 9.80 Å². The second-order valence-corrected chi connectivity index (χ2v) is 8.41. The van der Waals surface area contributed by atoms with Crippen molar-refractivity contribution in [3.8, 4) is 0 Å². The summed E-state index contributed by atoms with van der Waals surface area (Å²) in [5.74, 6) is 0.721. The minimum absolute atomic E-state index is 0.721. The Kier molecular flexibility index (Phi) is 6.95.